The van der Waals surface area contributed by atoms with Gasteiger partial charge in [-0.05, 0) is 36.1 Å². The zero-order chi connectivity index (χ0) is 16.1. The number of aryl methyl sites for hydroxylation is 1. The van der Waals surface area contributed by atoms with E-state index in [1.54, 1.807) is 47.5 Å². The van der Waals surface area contributed by atoms with Crippen LogP contribution in [0.1, 0.15) is 20.8 Å². The number of para-hydroxylation sites is 1. The van der Waals surface area contributed by atoms with E-state index in [0.717, 1.165) is 4.88 Å². The van der Waals surface area contributed by atoms with Crippen LogP contribution in [-0.4, -0.2) is 30.4 Å². The monoisotopic (exact) mass is 318 g/mol. The molecule has 0 saturated heterocycles. The molecule has 2 amide bonds. The summed E-state index contributed by atoms with van der Waals surface area (Å²) >= 11 is 1.62. The predicted molar refractivity (Wildman–Crippen MR) is 86.0 cm³/mol. The smallest absolute Gasteiger partial charge is 0.260 e. The standard InChI is InChI=1S/C16H18N2O3S/c1-11-7-8-22-14(11)9-18(2)15(19)10-21-13-6-4-3-5-12(13)16(17)20/h3-8H,9-10H2,1-2H3,(H2,17,20). The van der Waals surface area contributed by atoms with Crippen molar-refractivity contribution in [3.8, 4) is 5.75 Å². The lowest BCUT2D eigenvalue weighted by molar-refractivity contribution is -0.132. The van der Waals surface area contributed by atoms with E-state index in [1.807, 2.05) is 18.4 Å². The van der Waals surface area contributed by atoms with Crippen molar-refractivity contribution in [3.63, 3.8) is 0 Å². The number of nitrogens with two attached hydrogens (primary N) is 1. The summed E-state index contributed by atoms with van der Waals surface area (Å²) in [7, 11) is 1.73. The molecule has 0 aliphatic heterocycles. The number of hydrogen-bond acceptors (Lipinski definition) is 4. The third-order valence-electron chi connectivity index (χ3n) is 3.28. The van der Waals surface area contributed by atoms with E-state index in [-0.39, 0.29) is 18.1 Å². The molecule has 0 radical (unpaired) electrons. The summed E-state index contributed by atoms with van der Waals surface area (Å²) in [5.41, 5.74) is 6.72. The zero-order valence-electron chi connectivity index (χ0n) is 12.5. The third-order valence-corrected chi connectivity index (χ3v) is 4.29. The molecule has 0 aliphatic rings. The molecular formula is C16H18N2O3S. The second-order valence-electron chi connectivity index (χ2n) is 4.93. The molecule has 22 heavy (non-hydrogen) atoms. The molecule has 0 bridgehead atoms. The van der Waals surface area contributed by atoms with Crippen LogP contribution >= 0.6 is 11.3 Å². The maximum Gasteiger partial charge on any atom is 0.260 e. The van der Waals surface area contributed by atoms with Gasteiger partial charge in [0.2, 0.25) is 0 Å². The molecule has 2 rings (SSSR count). The van der Waals surface area contributed by atoms with Gasteiger partial charge in [-0.1, -0.05) is 12.1 Å². The third kappa shape index (κ3) is 3.85. The van der Waals surface area contributed by atoms with E-state index in [4.69, 9.17) is 10.5 Å². The average molecular weight is 318 g/mol. The second kappa shape index (κ2) is 7.09. The average Bonchev–Trinajstić information content (AvgIpc) is 2.90. The van der Waals surface area contributed by atoms with E-state index in [0.29, 0.717) is 12.3 Å². The minimum absolute atomic E-state index is 0.134. The number of rotatable bonds is 6. The first-order valence-corrected chi connectivity index (χ1v) is 7.65. The van der Waals surface area contributed by atoms with Crippen LogP contribution in [0.15, 0.2) is 35.7 Å². The number of carbonyl (C=O) groups is 2. The minimum Gasteiger partial charge on any atom is -0.483 e. The molecular weight excluding hydrogens is 300 g/mol. The highest BCUT2D eigenvalue weighted by molar-refractivity contribution is 7.10. The van der Waals surface area contributed by atoms with Crippen molar-refractivity contribution in [2.75, 3.05) is 13.7 Å². The lowest BCUT2D eigenvalue weighted by Gasteiger charge is -2.17. The number of thiophene rings is 1. The summed E-state index contributed by atoms with van der Waals surface area (Å²) in [4.78, 5) is 26.2. The Morgan fingerprint density at radius 1 is 1.27 bits per heavy atom. The maximum atomic E-state index is 12.1. The summed E-state index contributed by atoms with van der Waals surface area (Å²) in [5, 5.41) is 2.00. The van der Waals surface area contributed by atoms with Gasteiger partial charge in [0, 0.05) is 11.9 Å². The van der Waals surface area contributed by atoms with Gasteiger partial charge in [0.1, 0.15) is 5.75 Å². The predicted octanol–water partition coefficient (Wildman–Crippen LogP) is 2.19. The molecule has 2 aromatic rings. The second-order valence-corrected chi connectivity index (χ2v) is 5.93. The molecule has 1 aromatic heterocycles. The Labute approximate surface area is 133 Å². The summed E-state index contributed by atoms with van der Waals surface area (Å²) in [5.74, 6) is -0.415. The van der Waals surface area contributed by atoms with Crippen molar-refractivity contribution in [2.24, 2.45) is 5.73 Å². The molecule has 0 fully saturated rings. The first-order chi connectivity index (χ1) is 10.5. The van der Waals surface area contributed by atoms with Crippen molar-refractivity contribution in [3.05, 3.63) is 51.7 Å². The highest BCUT2D eigenvalue weighted by Crippen LogP contribution is 2.19. The molecule has 1 aromatic carbocycles. The summed E-state index contributed by atoms with van der Waals surface area (Å²) in [6.07, 6.45) is 0. The van der Waals surface area contributed by atoms with Crippen molar-refractivity contribution < 1.29 is 14.3 Å². The van der Waals surface area contributed by atoms with E-state index in [9.17, 15) is 9.59 Å². The molecule has 0 spiro atoms. The Morgan fingerprint density at radius 3 is 2.64 bits per heavy atom. The van der Waals surface area contributed by atoms with Crippen LogP contribution in [-0.2, 0) is 11.3 Å². The lowest BCUT2D eigenvalue weighted by Crippen LogP contribution is -2.31. The lowest BCUT2D eigenvalue weighted by atomic mass is 10.2. The van der Waals surface area contributed by atoms with Crippen LogP contribution in [0, 0.1) is 6.92 Å². The molecule has 6 heteroatoms. The van der Waals surface area contributed by atoms with Crippen LogP contribution in [0.25, 0.3) is 0 Å². The fraction of sp³-hybridized carbons (Fsp3) is 0.250. The zero-order valence-corrected chi connectivity index (χ0v) is 13.4. The Balaban J connectivity index is 1.95. The fourth-order valence-corrected chi connectivity index (χ4v) is 2.87. The maximum absolute atomic E-state index is 12.1. The van der Waals surface area contributed by atoms with E-state index in [1.165, 1.54) is 5.56 Å². The summed E-state index contributed by atoms with van der Waals surface area (Å²) < 4.78 is 5.44. The molecule has 2 N–H and O–H groups in total. The largest absolute Gasteiger partial charge is 0.483 e. The minimum atomic E-state index is -0.578. The SMILES string of the molecule is Cc1ccsc1CN(C)C(=O)COc1ccccc1C(N)=O. The summed E-state index contributed by atoms with van der Waals surface area (Å²) in [6.45, 7) is 2.43. The normalized spacial score (nSPS) is 10.3. The van der Waals surface area contributed by atoms with Gasteiger partial charge in [0.15, 0.2) is 6.61 Å². The van der Waals surface area contributed by atoms with Gasteiger partial charge in [0.25, 0.3) is 11.8 Å². The van der Waals surface area contributed by atoms with Crippen LogP contribution in [0.5, 0.6) is 5.75 Å². The van der Waals surface area contributed by atoms with Crippen LogP contribution in [0.4, 0.5) is 0 Å². The van der Waals surface area contributed by atoms with Crippen LogP contribution in [0.3, 0.4) is 0 Å². The van der Waals surface area contributed by atoms with Gasteiger partial charge in [-0.15, -0.1) is 11.3 Å². The van der Waals surface area contributed by atoms with Crippen molar-refractivity contribution in [2.45, 2.75) is 13.5 Å². The number of benzene rings is 1. The molecule has 0 unspecified atom stereocenters. The Bertz CT molecular complexity index is 682. The summed E-state index contributed by atoms with van der Waals surface area (Å²) in [6, 6.07) is 8.64. The quantitative estimate of drug-likeness (QED) is 0.887. The Morgan fingerprint density at radius 2 is 2.00 bits per heavy atom. The molecule has 5 nitrogen and oxygen atoms in total. The first-order valence-electron chi connectivity index (χ1n) is 6.77. The topological polar surface area (TPSA) is 72.6 Å². The Kier molecular flexibility index (Phi) is 5.16. The van der Waals surface area contributed by atoms with Gasteiger partial charge >= 0.3 is 0 Å². The van der Waals surface area contributed by atoms with Crippen molar-refractivity contribution in [1.29, 1.82) is 0 Å². The number of likely N-dealkylation sites (N-methyl/N-ethyl adjacent to an activating group) is 1. The number of nitrogens with zero attached hydrogens (tertiary/aromatic N) is 1. The molecule has 0 aliphatic carbocycles. The number of ether oxygens (including phenoxy) is 1. The van der Waals surface area contributed by atoms with E-state index < -0.39 is 5.91 Å². The molecule has 0 atom stereocenters. The van der Waals surface area contributed by atoms with Gasteiger partial charge in [-0.3, -0.25) is 9.59 Å². The van der Waals surface area contributed by atoms with Crippen molar-refractivity contribution >= 4 is 23.2 Å². The number of amides is 2. The van der Waals surface area contributed by atoms with Gasteiger partial charge in [0.05, 0.1) is 12.1 Å². The molecule has 116 valence electrons. The molecule has 0 saturated carbocycles. The van der Waals surface area contributed by atoms with E-state index >= 15 is 0 Å². The van der Waals surface area contributed by atoms with Crippen molar-refractivity contribution in [1.82, 2.24) is 4.90 Å². The van der Waals surface area contributed by atoms with Crippen LogP contribution < -0.4 is 10.5 Å². The van der Waals surface area contributed by atoms with Gasteiger partial charge < -0.3 is 15.4 Å². The van der Waals surface area contributed by atoms with E-state index in [2.05, 4.69) is 0 Å². The highest BCUT2D eigenvalue weighted by Gasteiger charge is 2.14. The fourth-order valence-electron chi connectivity index (χ4n) is 1.92. The molecule has 1 heterocycles. The Hall–Kier alpha value is -2.34. The van der Waals surface area contributed by atoms with Gasteiger partial charge in [-0.25, -0.2) is 0 Å². The number of carbonyl (C=O) groups excluding carboxylic acids is 2. The highest BCUT2D eigenvalue weighted by atomic mass is 32.1. The van der Waals surface area contributed by atoms with Gasteiger partial charge in [-0.2, -0.15) is 0 Å². The number of primary amides is 1. The number of hydrogen-bond donors (Lipinski definition) is 1. The van der Waals surface area contributed by atoms with Crippen LogP contribution in [0.2, 0.25) is 0 Å². The first kappa shape index (κ1) is 16.0.